The fourth-order valence-corrected chi connectivity index (χ4v) is 3.21. The Hall–Kier alpha value is -3.09. The Morgan fingerprint density at radius 2 is 2.18 bits per heavy atom. The lowest BCUT2D eigenvalue weighted by atomic mass is 9.96. The maximum Gasteiger partial charge on any atom is 0.410 e. The summed E-state index contributed by atoms with van der Waals surface area (Å²) in [5, 5.41) is 15.1. The average molecular weight is 381 g/mol. The van der Waals surface area contributed by atoms with E-state index in [2.05, 4.69) is 22.6 Å². The molecule has 0 atom stereocenters. The van der Waals surface area contributed by atoms with Gasteiger partial charge in [-0.2, -0.15) is 5.10 Å². The lowest BCUT2D eigenvalue weighted by Crippen LogP contribution is -2.39. The molecule has 0 saturated heterocycles. The first kappa shape index (κ1) is 19.7. The molecule has 7 nitrogen and oxygen atoms in total. The summed E-state index contributed by atoms with van der Waals surface area (Å²) in [6.45, 7) is 6.74. The Balaban J connectivity index is 1.91. The van der Waals surface area contributed by atoms with Gasteiger partial charge in [0.2, 0.25) is 0 Å². The van der Waals surface area contributed by atoms with Crippen LogP contribution in [0.2, 0.25) is 0 Å². The molecule has 7 heteroatoms. The van der Waals surface area contributed by atoms with Crippen molar-refractivity contribution in [3.63, 3.8) is 0 Å². The summed E-state index contributed by atoms with van der Waals surface area (Å²) in [7, 11) is 1.81. The van der Waals surface area contributed by atoms with Crippen LogP contribution >= 0.6 is 0 Å². The van der Waals surface area contributed by atoms with E-state index < -0.39 is 5.60 Å². The van der Waals surface area contributed by atoms with Crippen molar-refractivity contribution in [1.29, 1.82) is 5.41 Å². The van der Waals surface area contributed by atoms with Gasteiger partial charge >= 0.3 is 6.09 Å². The molecule has 0 saturated carbocycles. The molecule has 0 aliphatic carbocycles. The second-order valence-corrected chi connectivity index (χ2v) is 7.74. The predicted molar refractivity (Wildman–Crippen MR) is 111 cm³/mol. The Bertz CT molecular complexity index is 949. The van der Waals surface area contributed by atoms with Gasteiger partial charge in [-0.1, -0.05) is 6.08 Å². The molecule has 1 aliphatic rings. The fraction of sp³-hybridized carbons (Fsp3) is 0.381. The molecule has 28 heavy (non-hydrogen) atoms. The average Bonchev–Trinajstić information content (AvgIpc) is 3.12. The normalized spacial score (nSPS) is 15.4. The highest BCUT2D eigenvalue weighted by Crippen LogP contribution is 2.29. The minimum absolute atomic E-state index is 0.283. The van der Waals surface area contributed by atoms with E-state index in [0.717, 1.165) is 28.6 Å². The van der Waals surface area contributed by atoms with Crippen molar-refractivity contribution < 1.29 is 9.53 Å². The SMILES string of the molecule is CN/C=C(\C=N)c1cc(C2=CCN(C(=O)OC(C)(C)C)CC2)c2ccnn2c1. The number of ether oxygens (including phenoxy) is 1. The van der Waals surface area contributed by atoms with Gasteiger partial charge in [-0.3, -0.25) is 0 Å². The van der Waals surface area contributed by atoms with Gasteiger partial charge in [0.15, 0.2) is 0 Å². The predicted octanol–water partition coefficient (Wildman–Crippen LogP) is 3.57. The van der Waals surface area contributed by atoms with Crippen LogP contribution in [0.3, 0.4) is 0 Å². The number of aromatic nitrogens is 2. The van der Waals surface area contributed by atoms with Crippen LogP contribution in [0.5, 0.6) is 0 Å². The number of carbonyl (C=O) groups is 1. The van der Waals surface area contributed by atoms with Crippen molar-refractivity contribution in [2.45, 2.75) is 32.8 Å². The third-order valence-corrected chi connectivity index (χ3v) is 4.50. The Kier molecular flexibility index (Phi) is 5.53. The summed E-state index contributed by atoms with van der Waals surface area (Å²) in [6, 6.07) is 4.06. The van der Waals surface area contributed by atoms with E-state index >= 15 is 0 Å². The third kappa shape index (κ3) is 4.24. The largest absolute Gasteiger partial charge is 0.444 e. The van der Waals surface area contributed by atoms with Gasteiger partial charge in [-0.05, 0) is 44.9 Å². The van der Waals surface area contributed by atoms with Crippen molar-refractivity contribution in [2.24, 2.45) is 0 Å². The number of hydrogen-bond acceptors (Lipinski definition) is 5. The summed E-state index contributed by atoms with van der Waals surface area (Å²) in [4.78, 5) is 14.0. The Morgan fingerprint density at radius 1 is 1.39 bits per heavy atom. The highest BCUT2D eigenvalue weighted by atomic mass is 16.6. The molecule has 0 aromatic carbocycles. The number of allylic oxidation sites excluding steroid dienone is 1. The molecule has 0 radical (unpaired) electrons. The van der Waals surface area contributed by atoms with Crippen LogP contribution in [-0.2, 0) is 4.74 Å². The summed E-state index contributed by atoms with van der Waals surface area (Å²) < 4.78 is 7.30. The molecule has 2 aromatic rings. The smallest absolute Gasteiger partial charge is 0.410 e. The molecule has 1 amide bonds. The van der Waals surface area contributed by atoms with Crippen LogP contribution in [0.4, 0.5) is 4.79 Å². The monoisotopic (exact) mass is 381 g/mol. The molecule has 2 N–H and O–H groups in total. The first-order chi connectivity index (χ1) is 13.3. The number of nitrogens with zero attached hydrogens (tertiary/aromatic N) is 3. The number of pyridine rings is 1. The third-order valence-electron chi connectivity index (χ3n) is 4.50. The molecule has 148 valence electrons. The molecular weight excluding hydrogens is 354 g/mol. The van der Waals surface area contributed by atoms with Gasteiger partial charge in [0.1, 0.15) is 5.60 Å². The van der Waals surface area contributed by atoms with E-state index in [0.29, 0.717) is 13.1 Å². The maximum atomic E-state index is 12.3. The first-order valence-corrected chi connectivity index (χ1v) is 9.35. The zero-order valence-corrected chi connectivity index (χ0v) is 16.8. The highest BCUT2D eigenvalue weighted by Gasteiger charge is 2.24. The molecular formula is C21H27N5O2. The van der Waals surface area contributed by atoms with Crippen molar-refractivity contribution in [1.82, 2.24) is 19.8 Å². The quantitative estimate of drug-likeness (QED) is 0.793. The van der Waals surface area contributed by atoms with E-state index in [9.17, 15) is 4.79 Å². The van der Waals surface area contributed by atoms with Gasteiger partial charge in [-0.25, -0.2) is 9.31 Å². The lowest BCUT2D eigenvalue weighted by Gasteiger charge is -2.29. The Morgan fingerprint density at radius 3 is 2.79 bits per heavy atom. The summed E-state index contributed by atoms with van der Waals surface area (Å²) >= 11 is 0. The van der Waals surface area contributed by atoms with Crippen LogP contribution in [0.15, 0.2) is 36.8 Å². The zero-order chi connectivity index (χ0) is 20.3. The van der Waals surface area contributed by atoms with Crippen molar-refractivity contribution in [2.75, 3.05) is 20.1 Å². The zero-order valence-electron chi connectivity index (χ0n) is 16.8. The molecule has 3 heterocycles. The number of nitrogens with one attached hydrogen (secondary N) is 2. The van der Waals surface area contributed by atoms with Crippen LogP contribution in [-0.4, -0.2) is 52.6 Å². The number of carbonyl (C=O) groups excluding carboxylic acids is 1. The standard InChI is InChI=1S/C21H27N5O2/c1-21(2,3)28-20(27)25-9-6-15(7-10-25)18-11-16(17(12-22)13-23-4)14-26-19(18)5-8-24-26/h5-6,8,11-14,22-23H,7,9-10H2,1-4H3/b17-13+,22-12?. The molecule has 0 bridgehead atoms. The molecule has 0 spiro atoms. The summed E-state index contributed by atoms with van der Waals surface area (Å²) in [5.74, 6) is 0. The summed E-state index contributed by atoms with van der Waals surface area (Å²) in [6.07, 6.45) is 9.33. The van der Waals surface area contributed by atoms with Gasteiger partial charge in [-0.15, -0.1) is 0 Å². The second kappa shape index (κ2) is 7.88. The van der Waals surface area contributed by atoms with Crippen molar-refractivity contribution in [3.8, 4) is 0 Å². The van der Waals surface area contributed by atoms with E-state index in [4.69, 9.17) is 10.1 Å². The van der Waals surface area contributed by atoms with Gasteiger partial charge < -0.3 is 20.4 Å². The van der Waals surface area contributed by atoms with E-state index in [1.54, 1.807) is 17.3 Å². The number of rotatable bonds is 4. The van der Waals surface area contributed by atoms with Crippen LogP contribution in [0.1, 0.15) is 38.3 Å². The van der Waals surface area contributed by atoms with Crippen molar-refractivity contribution in [3.05, 3.63) is 47.9 Å². The minimum atomic E-state index is -0.498. The first-order valence-electron chi connectivity index (χ1n) is 9.35. The van der Waals surface area contributed by atoms with Gasteiger partial charge in [0, 0.05) is 61.6 Å². The topological polar surface area (TPSA) is 82.7 Å². The van der Waals surface area contributed by atoms with Gasteiger partial charge in [0.05, 0.1) is 5.52 Å². The van der Waals surface area contributed by atoms with E-state index in [-0.39, 0.29) is 6.09 Å². The molecule has 3 rings (SSSR count). The van der Waals surface area contributed by atoms with Crippen molar-refractivity contribution >= 4 is 29.0 Å². The lowest BCUT2D eigenvalue weighted by molar-refractivity contribution is 0.0270. The number of fused-ring (bicyclic) bond motifs is 1. The molecule has 2 aromatic heterocycles. The van der Waals surface area contributed by atoms with Crippen LogP contribution < -0.4 is 5.32 Å². The van der Waals surface area contributed by atoms with Gasteiger partial charge in [0.25, 0.3) is 0 Å². The molecule has 0 unspecified atom stereocenters. The van der Waals surface area contributed by atoms with E-state index in [1.165, 1.54) is 11.8 Å². The fourth-order valence-electron chi connectivity index (χ4n) is 3.21. The number of hydrogen-bond donors (Lipinski definition) is 2. The maximum absolute atomic E-state index is 12.3. The highest BCUT2D eigenvalue weighted by molar-refractivity contribution is 6.08. The Labute approximate surface area is 165 Å². The van der Waals surface area contributed by atoms with Crippen LogP contribution in [0, 0.1) is 5.41 Å². The molecule has 0 fully saturated rings. The molecule has 1 aliphatic heterocycles. The minimum Gasteiger partial charge on any atom is -0.444 e. The van der Waals surface area contributed by atoms with E-state index in [1.807, 2.05) is 44.6 Å². The summed E-state index contributed by atoms with van der Waals surface area (Å²) in [5.41, 5.74) is 4.43. The second-order valence-electron chi connectivity index (χ2n) is 7.74. The van der Waals surface area contributed by atoms with Crippen LogP contribution in [0.25, 0.3) is 16.7 Å². The number of amides is 1.